The number of nitrogens with zero attached hydrogens (tertiary/aromatic N) is 4. The van der Waals surface area contributed by atoms with E-state index in [4.69, 9.17) is 4.98 Å². The molecule has 5 rings (SSSR count). The van der Waals surface area contributed by atoms with Crippen molar-refractivity contribution in [3.8, 4) is 0 Å². The number of halogens is 1. The molecule has 0 aliphatic carbocycles. The Morgan fingerprint density at radius 1 is 1.00 bits per heavy atom. The molecule has 2 aliphatic rings. The molecule has 7 nitrogen and oxygen atoms in total. The molecule has 0 spiro atoms. The first-order valence-corrected chi connectivity index (χ1v) is 12.9. The van der Waals surface area contributed by atoms with Gasteiger partial charge >= 0.3 is 0 Å². The van der Waals surface area contributed by atoms with E-state index >= 15 is 0 Å². The molecule has 10 heteroatoms. The number of hydrogen-bond donors (Lipinski definition) is 0. The van der Waals surface area contributed by atoms with Gasteiger partial charge in [-0.1, -0.05) is 23.5 Å². The fraction of sp³-hybridized carbons (Fsp3) is 0.364. The Balaban J connectivity index is 1.27. The van der Waals surface area contributed by atoms with Crippen LogP contribution in [0.1, 0.15) is 12.8 Å². The van der Waals surface area contributed by atoms with Crippen LogP contribution in [0.5, 0.6) is 0 Å². The third kappa shape index (κ3) is 3.87. The van der Waals surface area contributed by atoms with Crippen molar-refractivity contribution < 1.29 is 17.6 Å². The smallest absolute Gasteiger partial charge is 0.243 e. The van der Waals surface area contributed by atoms with Crippen LogP contribution in [0.3, 0.4) is 0 Å². The quantitative estimate of drug-likeness (QED) is 0.581. The molecule has 0 saturated carbocycles. The summed E-state index contributed by atoms with van der Waals surface area (Å²) in [5.74, 6) is -0.652. The number of carbonyl (C=O) groups excluding carboxylic acids is 1. The molecule has 0 N–H and O–H groups in total. The predicted octanol–water partition coefficient (Wildman–Crippen LogP) is 2.94. The van der Waals surface area contributed by atoms with E-state index in [1.54, 1.807) is 16.2 Å². The Bertz CT molecular complexity index is 1200. The summed E-state index contributed by atoms with van der Waals surface area (Å²) in [5, 5.41) is 0.944. The summed E-state index contributed by atoms with van der Waals surface area (Å²) in [4.78, 5) is 21.9. The number of hydrogen-bond acceptors (Lipinski definition) is 6. The van der Waals surface area contributed by atoms with E-state index in [1.807, 2.05) is 24.3 Å². The Morgan fingerprint density at radius 3 is 2.44 bits per heavy atom. The first kappa shape index (κ1) is 21.3. The molecular formula is C22H23FN4O3S2. The molecule has 2 aliphatic heterocycles. The Labute approximate surface area is 190 Å². The number of benzene rings is 2. The van der Waals surface area contributed by atoms with Gasteiger partial charge in [0.05, 0.1) is 15.1 Å². The zero-order valence-corrected chi connectivity index (χ0v) is 19.0. The first-order chi connectivity index (χ1) is 15.4. The molecule has 1 aromatic heterocycles. The molecule has 32 heavy (non-hydrogen) atoms. The van der Waals surface area contributed by atoms with E-state index in [9.17, 15) is 17.6 Å². The summed E-state index contributed by atoms with van der Waals surface area (Å²) in [6.07, 6.45) is 1.12. The van der Waals surface area contributed by atoms with Crippen molar-refractivity contribution >= 4 is 42.6 Å². The van der Waals surface area contributed by atoms with Crippen molar-refractivity contribution in [2.75, 3.05) is 37.6 Å². The zero-order valence-electron chi connectivity index (χ0n) is 17.4. The fourth-order valence-electron chi connectivity index (χ4n) is 4.34. The van der Waals surface area contributed by atoms with Crippen molar-refractivity contribution in [3.63, 3.8) is 0 Å². The number of piperazine rings is 1. The van der Waals surface area contributed by atoms with Crippen molar-refractivity contribution in [1.29, 1.82) is 0 Å². The molecule has 1 unspecified atom stereocenters. The predicted molar refractivity (Wildman–Crippen MR) is 122 cm³/mol. The Kier molecular flexibility index (Phi) is 5.60. The molecule has 2 fully saturated rings. The van der Waals surface area contributed by atoms with Crippen LogP contribution in [0.25, 0.3) is 10.2 Å². The number of carbonyl (C=O) groups is 1. The molecule has 3 aromatic rings. The largest absolute Gasteiger partial charge is 0.345 e. The van der Waals surface area contributed by atoms with Crippen LogP contribution in [0.2, 0.25) is 0 Å². The maximum Gasteiger partial charge on any atom is 0.243 e. The van der Waals surface area contributed by atoms with Crippen LogP contribution in [0.15, 0.2) is 53.4 Å². The number of fused-ring (bicyclic) bond motifs is 1. The monoisotopic (exact) mass is 474 g/mol. The molecule has 2 aromatic carbocycles. The lowest BCUT2D eigenvalue weighted by molar-refractivity contribution is -0.134. The highest BCUT2D eigenvalue weighted by Crippen LogP contribution is 2.30. The van der Waals surface area contributed by atoms with Crippen LogP contribution in [-0.4, -0.2) is 67.3 Å². The van der Waals surface area contributed by atoms with Crippen molar-refractivity contribution in [1.82, 2.24) is 14.2 Å². The maximum atomic E-state index is 13.3. The average Bonchev–Trinajstić information content (AvgIpc) is 3.47. The van der Waals surface area contributed by atoms with E-state index < -0.39 is 21.9 Å². The van der Waals surface area contributed by atoms with Crippen molar-refractivity contribution in [3.05, 3.63) is 54.3 Å². The van der Waals surface area contributed by atoms with Gasteiger partial charge in [-0.3, -0.25) is 4.79 Å². The minimum absolute atomic E-state index is 0.0132. The molecule has 2 saturated heterocycles. The number of thiazole rings is 1. The van der Waals surface area contributed by atoms with Crippen LogP contribution >= 0.6 is 11.3 Å². The number of aromatic nitrogens is 1. The second kappa shape index (κ2) is 8.42. The third-order valence-corrected chi connectivity index (χ3v) is 9.07. The van der Waals surface area contributed by atoms with E-state index in [1.165, 1.54) is 16.4 Å². The second-order valence-electron chi connectivity index (χ2n) is 8.00. The normalized spacial score (nSPS) is 20.2. The minimum atomic E-state index is -3.86. The van der Waals surface area contributed by atoms with E-state index in [2.05, 4.69) is 4.90 Å². The maximum absolute atomic E-state index is 13.3. The van der Waals surface area contributed by atoms with Gasteiger partial charge in [0.2, 0.25) is 15.9 Å². The van der Waals surface area contributed by atoms with Gasteiger partial charge in [-0.15, -0.1) is 0 Å². The Morgan fingerprint density at radius 2 is 1.72 bits per heavy atom. The van der Waals surface area contributed by atoms with Crippen LogP contribution in [-0.2, 0) is 14.8 Å². The SMILES string of the molecule is O=C(C1CCCN1S(=O)(=O)c1ccc(F)cc1)N1CCN(c2nc3ccccc3s2)CC1. The molecule has 1 atom stereocenters. The van der Waals surface area contributed by atoms with Crippen molar-refractivity contribution in [2.45, 2.75) is 23.8 Å². The van der Waals surface area contributed by atoms with Gasteiger partial charge < -0.3 is 9.80 Å². The molecule has 168 valence electrons. The zero-order chi connectivity index (χ0) is 22.3. The second-order valence-corrected chi connectivity index (χ2v) is 10.9. The fourth-order valence-corrected chi connectivity index (χ4v) is 7.01. The highest BCUT2D eigenvalue weighted by atomic mass is 32.2. The Hall–Kier alpha value is -2.56. The number of anilines is 1. The summed E-state index contributed by atoms with van der Waals surface area (Å²) >= 11 is 1.64. The highest BCUT2D eigenvalue weighted by molar-refractivity contribution is 7.89. The minimum Gasteiger partial charge on any atom is -0.345 e. The van der Waals surface area contributed by atoms with Gasteiger partial charge in [0.15, 0.2) is 5.13 Å². The topological polar surface area (TPSA) is 73.8 Å². The number of amides is 1. The van der Waals surface area contributed by atoms with Gasteiger partial charge in [0.25, 0.3) is 0 Å². The van der Waals surface area contributed by atoms with E-state index in [-0.39, 0.29) is 10.8 Å². The third-order valence-electron chi connectivity index (χ3n) is 6.05. The molecule has 1 amide bonds. The molecule has 0 radical (unpaired) electrons. The molecule has 0 bridgehead atoms. The lowest BCUT2D eigenvalue weighted by Crippen LogP contribution is -2.54. The molecule has 3 heterocycles. The van der Waals surface area contributed by atoms with E-state index in [0.29, 0.717) is 45.6 Å². The summed E-state index contributed by atoms with van der Waals surface area (Å²) in [7, 11) is -3.86. The molecular weight excluding hydrogens is 451 g/mol. The average molecular weight is 475 g/mol. The van der Waals surface area contributed by atoms with Crippen LogP contribution < -0.4 is 4.90 Å². The van der Waals surface area contributed by atoms with Gasteiger partial charge in [0.1, 0.15) is 11.9 Å². The van der Waals surface area contributed by atoms with Crippen LogP contribution in [0.4, 0.5) is 9.52 Å². The van der Waals surface area contributed by atoms with Crippen molar-refractivity contribution in [2.24, 2.45) is 0 Å². The van der Waals surface area contributed by atoms with Gasteiger partial charge in [-0.25, -0.2) is 17.8 Å². The van der Waals surface area contributed by atoms with Crippen LogP contribution in [0, 0.1) is 5.82 Å². The summed E-state index contributed by atoms with van der Waals surface area (Å²) < 4.78 is 41.8. The van der Waals surface area contributed by atoms with Gasteiger partial charge in [-0.05, 0) is 49.2 Å². The standard InChI is InChI=1S/C22H23FN4O3S2/c23-16-7-9-17(10-8-16)32(29,30)27-11-3-5-19(27)21(28)25-12-14-26(15-13-25)22-24-18-4-1-2-6-20(18)31-22/h1-2,4,6-10,19H,3,5,11-15H2. The van der Waals surface area contributed by atoms with Gasteiger partial charge in [0, 0.05) is 32.7 Å². The lowest BCUT2D eigenvalue weighted by atomic mass is 10.2. The summed E-state index contributed by atoms with van der Waals surface area (Å²) in [6.45, 7) is 2.65. The number of rotatable bonds is 4. The lowest BCUT2D eigenvalue weighted by Gasteiger charge is -2.37. The number of sulfonamides is 1. The summed E-state index contributed by atoms with van der Waals surface area (Å²) in [6, 6.07) is 12.0. The van der Waals surface area contributed by atoms with Gasteiger partial charge in [-0.2, -0.15) is 4.31 Å². The number of para-hydroxylation sites is 1. The van der Waals surface area contributed by atoms with E-state index in [0.717, 1.165) is 27.5 Å². The summed E-state index contributed by atoms with van der Waals surface area (Å²) in [5.41, 5.74) is 0.971. The highest BCUT2D eigenvalue weighted by Gasteiger charge is 2.41. The first-order valence-electron chi connectivity index (χ1n) is 10.6.